The highest BCUT2D eigenvalue weighted by Crippen LogP contribution is 2.33. The van der Waals surface area contributed by atoms with E-state index < -0.39 is 0 Å². The minimum atomic E-state index is 0.164. The third-order valence-corrected chi connectivity index (χ3v) is 4.52. The van der Waals surface area contributed by atoms with Crippen LogP contribution in [-0.2, 0) is 0 Å². The summed E-state index contributed by atoms with van der Waals surface area (Å²) in [5, 5.41) is 0. The van der Waals surface area contributed by atoms with Crippen molar-refractivity contribution in [2.45, 2.75) is 52.6 Å². The molecule has 2 rings (SSSR count). The van der Waals surface area contributed by atoms with Gasteiger partial charge in [-0.2, -0.15) is 0 Å². The van der Waals surface area contributed by atoms with Gasteiger partial charge in [-0.1, -0.05) is 39.3 Å². The third kappa shape index (κ3) is 3.92. The van der Waals surface area contributed by atoms with E-state index in [-0.39, 0.29) is 17.5 Å². The number of pyridine rings is 1. The first kappa shape index (κ1) is 16.2. The van der Waals surface area contributed by atoms with Crippen LogP contribution in [0.2, 0.25) is 0 Å². The Hall–Kier alpha value is -1.19. The van der Waals surface area contributed by atoms with Crippen LogP contribution in [0, 0.1) is 5.41 Å². The predicted octanol–water partition coefficient (Wildman–Crippen LogP) is 3.54. The minimum absolute atomic E-state index is 0.164. The lowest BCUT2D eigenvalue weighted by Gasteiger charge is -2.39. The first-order valence-corrected chi connectivity index (χ1v) is 8.02. The predicted molar refractivity (Wildman–Crippen MR) is 89.0 cm³/mol. The molecule has 3 heteroatoms. The molecule has 0 aliphatic carbocycles. The normalized spacial score (nSPS) is 20.0. The summed E-state index contributed by atoms with van der Waals surface area (Å²) in [5.41, 5.74) is 9.55. The van der Waals surface area contributed by atoms with Crippen molar-refractivity contribution in [3.63, 3.8) is 0 Å². The molecule has 3 nitrogen and oxygen atoms in total. The van der Waals surface area contributed by atoms with E-state index in [1.807, 2.05) is 12.4 Å². The van der Waals surface area contributed by atoms with Crippen molar-refractivity contribution in [3.05, 3.63) is 41.7 Å². The Bertz CT molecular complexity index is 473. The van der Waals surface area contributed by atoms with Crippen LogP contribution in [0.15, 0.2) is 36.2 Å². The number of hydrogen-bond donors (Lipinski definition) is 1. The molecule has 1 aromatic heterocycles. The molecule has 0 saturated carbocycles. The van der Waals surface area contributed by atoms with Crippen molar-refractivity contribution in [2.75, 3.05) is 13.1 Å². The highest BCUT2D eigenvalue weighted by atomic mass is 15.2. The second kappa shape index (κ2) is 6.71. The zero-order valence-electron chi connectivity index (χ0n) is 13.8. The average molecular weight is 287 g/mol. The van der Waals surface area contributed by atoms with Crippen molar-refractivity contribution < 1.29 is 0 Å². The number of rotatable bonds is 4. The van der Waals surface area contributed by atoms with Crippen LogP contribution in [0.3, 0.4) is 0 Å². The quantitative estimate of drug-likeness (QED) is 0.861. The molecule has 0 radical (unpaired) electrons. The summed E-state index contributed by atoms with van der Waals surface area (Å²) >= 11 is 0. The summed E-state index contributed by atoms with van der Waals surface area (Å²) in [6.07, 6.45) is 8.26. The van der Waals surface area contributed by atoms with Gasteiger partial charge in [0.2, 0.25) is 0 Å². The van der Waals surface area contributed by atoms with Gasteiger partial charge in [0.05, 0.1) is 6.04 Å². The van der Waals surface area contributed by atoms with Gasteiger partial charge >= 0.3 is 0 Å². The Morgan fingerprint density at radius 2 is 1.95 bits per heavy atom. The van der Waals surface area contributed by atoms with Gasteiger partial charge in [0.15, 0.2) is 0 Å². The van der Waals surface area contributed by atoms with Gasteiger partial charge in [0.25, 0.3) is 0 Å². The van der Waals surface area contributed by atoms with E-state index in [4.69, 9.17) is 5.73 Å². The van der Waals surface area contributed by atoms with E-state index >= 15 is 0 Å². The Morgan fingerprint density at radius 1 is 1.29 bits per heavy atom. The van der Waals surface area contributed by atoms with E-state index in [0.29, 0.717) is 0 Å². The lowest BCUT2D eigenvalue weighted by molar-refractivity contribution is 0.176. The average Bonchev–Trinajstić information content (AvgIpc) is 2.48. The summed E-state index contributed by atoms with van der Waals surface area (Å²) < 4.78 is 0. The van der Waals surface area contributed by atoms with Crippen LogP contribution in [0.25, 0.3) is 0 Å². The van der Waals surface area contributed by atoms with Crippen molar-refractivity contribution in [2.24, 2.45) is 11.1 Å². The first-order chi connectivity index (χ1) is 9.93. The lowest BCUT2D eigenvalue weighted by Crippen LogP contribution is -2.43. The summed E-state index contributed by atoms with van der Waals surface area (Å²) in [6, 6.07) is 4.65. The Balaban J connectivity index is 2.19. The van der Waals surface area contributed by atoms with E-state index in [1.54, 1.807) is 5.57 Å². The number of nitrogens with zero attached hydrogens (tertiary/aromatic N) is 2. The van der Waals surface area contributed by atoms with Gasteiger partial charge in [-0.3, -0.25) is 9.88 Å². The molecule has 2 unspecified atom stereocenters. The lowest BCUT2D eigenvalue weighted by atomic mass is 9.82. The van der Waals surface area contributed by atoms with Crippen LogP contribution in [-0.4, -0.2) is 29.0 Å². The molecule has 0 aromatic carbocycles. The summed E-state index contributed by atoms with van der Waals surface area (Å²) in [4.78, 5) is 6.64. The molecule has 0 saturated heterocycles. The molecule has 116 valence electrons. The fourth-order valence-electron chi connectivity index (χ4n) is 3.13. The van der Waals surface area contributed by atoms with Crippen LogP contribution >= 0.6 is 0 Å². The van der Waals surface area contributed by atoms with Crippen LogP contribution < -0.4 is 5.73 Å². The second-order valence-electron chi connectivity index (χ2n) is 7.02. The van der Waals surface area contributed by atoms with Crippen molar-refractivity contribution in [3.8, 4) is 0 Å². The molecule has 2 heterocycles. The van der Waals surface area contributed by atoms with E-state index in [0.717, 1.165) is 25.9 Å². The van der Waals surface area contributed by atoms with E-state index in [1.165, 1.54) is 5.56 Å². The molecular formula is C18H29N3. The maximum atomic E-state index is 6.42. The Labute approximate surface area is 129 Å². The molecule has 1 aromatic rings. The maximum absolute atomic E-state index is 6.42. The molecule has 2 atom stereocenters. The maximum Gasteiger partial charge on any atom is 0.0503 e. The molecule has 0 spiro atoms. The number of hydrogen-bond acceptors (Lipinski definition) is 3. The molecule has 1 aliphatic heterocycles. The molecule has 1 aliphatic rings. The Kier molecular flexibility index (Phi) is 5.17. The van der Waals surface area contributed by atoms with Crippen LogP contribution in [0.5, 0.6) is 0 Å². The highest BCUT2D eigenvalue weighted by Gasteiger charge is 2.29. The summed E-state index contributed by atoms with van der Waals surface area (Å²) in [6.45, 7) is 11.1. The topological polar surface area (TPSA) is 42.1 Å². The van der Waals surface area contributed by atoms with Gasteiger partial charge in [-0.05, 0) is 36.0 Å². The SMILES string of the molecule is CCC(N)C(c1ccncc1)N1CC=C(C(C)(C)C)CC1. The summed E-state index contributed by atoms with van der Waals surface area (Å²) in [5.74, 6) is 0. The van der Waals surface area contributed by atoms with Crippen LogP contribution in [0.1, 0.15) is 52.1 Å². The van der Waals surface area contributed by atoms with Gasteiger partial charge in [0, 0.05) is 31.5 Å². The highest BCUT2D eigenvalue weighted by molar-refractivity contribution is 5.21. The zero-order chi connectivity index (χ0) is 15.5. The molecular weight excluding hydrogens is 258 g/mol. The van der Waals surface area contributed by atoms with Crippen molar-refractivity contribution in [1.29, 1.82) is 0 Å². The van der Waals surface area contributed by atoms with E-state index in [2.05, 4.69) is 55.8 Å². The number of aromatic nitrogens is 1. The molecule has 2 N–H and O–H groups in total. The smallest absolute Gasteiger partial charge is 0.0503 e. The zero-order valence-corrected chi connectivity index (χ0v) is 13.8. The van der Waals surface area contributed by atoms with Gasteiger partial charge < -0.3 is 5.73 Å². The molecule has 0 amide bonds. The van der Waals surface area contributed by atoms with Crippen molar-refractivity contribution in [1.82, 2.24) is 9.88 Å². The summed E-state index contributed by atoms with van der Waals surface area (Å²) in [7, 11) is 0. The third-order valence-electron chi connectivity index (χ3n) is 4.52. The minimum Gasteiger partial charge on any atom is -0.326 e. The molecule has 0 fully saturated rings. The van der Waals surface area contributed by atoms with Crippen molar-refractivity contribution >= 4 is 0 Å². The fourth-order valence-corrected chi connectivity index (χ4v) is 3.13. The largest absolute Gasteiger partial charge is 0.326 e. The standard InChI is InChI=1S/C18H29N3/c1-5-16(19)17(14-6-10-20-11-7-14)21-12-8-15(9-13-21)18(2,3)4/h6-8,10-11,16-17H,5,9,12-13,19H2,1-4H3. The fraction of sp³-hybridized carbons (Fsp3) is 0.611. The first-order valence-electron chi connectivity index (χ1n) is 8.02. The van der Waals surface area contributed by atoms with Gasteiger partial charge in [-0.25, -0.2) is 0 Å². The molecule has 0 bridgehead atoms. The molecule has 21 heavy (non-hydrogen) atoms. The van der Waals surface area contributed by atoms with Gasteiger partial charge in [-0.15, -0.1) is 0 Å². The monoisotopic (exact) mass is 287 g/mol. The van der Waals surface area contributed by atoms with E-state index in [9.17, 15) is 0 Å². The van der Waals surface area contributed by atoms with Gasteiger partial charge in [0.1, 0.15) is 0 Å². The Morgan fingerprint density at radius 3 is 2.43 bits per heavy atom. The number of nitrogens with two attached hydrogens (primary N) is 1. The van der Waals surface area contributed by atoms with Crippen LogP contribution in [0.4, 0.5) is 0 Å². The second-order valence-corrected chi connectivity index (χ2v) is 7.02.